The van der Waals surface area contributed by atoms with Gasteiger partial charge in [0.1, 0.15) is 0 Å². The van der Waals surface area contributed by atoms with Crippen LogP contribution in [-0.2, 0) is 9.53 Å². The molecule has 0 saturated heterocycles. The second-order valence-electron chi connectivity index (χ2n) is 2.92. The third kappa shape index (κ3) is 2.19. The molecule has 0 aliphatic heterocycles. The molecule has 0 aromatic rings. The lowest BCUT2D eigenvalue weighted by Gasteiger charge is -2.06. The minimum atomic E-state index is -0.288. The van der Waals surface area contributed by atoms with Crippen molar-refractivity contribution in [3.8, 4) is 0 Å². The molecule has 64 valence electrons. The Kier molecular flexibility index (Phi) is 2.88. The van der Waals surface area contributed by atoms with Crippen LogP contribution in [0.15, 0.2) is 0 Å². The molecule has 0 heterocycles. The first-order chi connectivity index (χ1) is 5.24. The molecule has 11 heavy (non-hydrogen) atoms. The van der Waals surface area contributed by atoms with Crippen LogP contribution in [0.25, 0.3) is 0 Å². The highest BCUT2D eigenvalue weighted by molar-refractivity contribution is 5.72. The van der Waals surface area contributed by atoms with Crippen molar-refractivity contribution in [3.05, 3.63) is 0 Å². The lowest BCUT2D eigenvalue weighted by molar-refractivity contribution is -0.148. The SMILES string of the molecule is CCOC(=O)[C@@H]1CC[C@@H](O)C1. The molecule has 1 fully saturated rings. The fraction of sp³-hybridized carbons (Fsp3) is 0.875. The summed E-state index contributed by atoms with van der Waals surface area (Å²) in [6.45, 7) is 2.23. The predicted molar refractivity (Wildman–Crippen MR) is 40.0 cm³/mol. The first kappa shape index (κ1) is 8.53. The zero-order valence-corrected chi connectivity index (χ0v) is 6.75. The first-order valence-electron chi connectivity index (χ1n) is 4.08. The van der Waals surface area contributed by atoms with E-state index < -0.39 is 0 Å². The summed E-state index contributed by atoms with van der Waals surface area (Å²) in [4.78, 5) is 11.1. The lowest BCUT2D eigenvalue weighted by atomic mass is 10.1. The van der Waals surface area contributed by atoms with Gasteiger partial charge >= 0.3 is 5.97 Å². The van der Waals surface area contributed by atoms with Gasteiger partial charge in [-0.15, -0.1) is 0 Å². The molecule has 1 aliphatic rings. The number of aliphatic hydroxyl groups is 1. The summed E-state index contributed by atoms with van der Waals surface area (Å²) in [6, 6.07) is 0. The summed E-state index contributed by atoms with van der Waals surface area (Å²) in [6.07, 6.45) is 1.81. The van der Waals surface area contributed by atoms with Crippen LogP contribution in [0.1, 0.15) is 26.2 Å². The molecular weight excluding hydrogens is 144 g/mol. The Morgan fingerprint density at radius 2 is 2.36 bits per heavy atom. The van der Waals surface area contributed by atoms with Gasteiger partial charge in [-0.1, -0.05) is 0 Å². The van der Waals surface area contributed by atoms with Gasteiger partial charge in [0.15, 0.2) is 0 Å². The normalized spacial score (nSPS) is 30.4. The van der Waals surface area contributed by atoms with E-state index in [0.29, 0.717) is 13.0 Å². The average molecular weight is 158 g/mol. The van der Waals surface area contributed by atoms with Crippen LogP contribution in [0.3, 0.4) is 0 Å². The van der Waals surface area contributed by atoms with Crippen LogP contribution >= 0.6 is 0 Å². The zero-order chi connectivity index (χ0) is 8.27. The predicted octanol–water partition coefficient (Wildman–Crippen LogP) is 0.711. The second-order valence-corrected chi connectivity index (χ2v) is 2.92. The van der Waals surface area contributed by atoms with Gasteiger partial charge in [0, 0.05) is 0 Å². The Morgan fingerprint density at radius 1 is 1.64 bits per heavy atom. The van der Waals surface area contributed by atoms with Crippen molar-refractivity contribution in [1.82, 2.24) is 0 Å². The third-order valence-corrected chi connectivity index (χ3v) is 2.02. The number of ether oxygens (including phenoxy) is 1. The topological polar surface area (TPSA) is 46.5 Å². The fourth-order valence-electron chi connectivity index (χ4n) is 1.43. The number of aliphatic hydroxyl groups excluding tert-OH is 1. The van der Waals surface area contributed by atoms with E-state index in [0.717, 1.165) is 12.8 Å². The highest BCUT2D eigenvalue weighted by Crippen LogP contribution is 2.26. The average Bonchev–Trinajstić information content (AvgIpc) is 2.36. The van der Waals surface area contributed by atoms with Crippen LogP contribution in [0.2, 0.25) is 0 Å². The van der Waals surface area contributed by atoms with Crippen molar-refractivity contribution < 1.29 is 14.6 Å². The van der Waals surface area contributed by atoms with E-state index in [4.69, 9.17) is 9.84 Å². The Bertz CT molecular complexity index is 144. The maximum Gasteiger partial charge on any atom is 0.309 e. The fourth-order valence-corrected chi connectivity index (χ4v) is 1.43. The van der Waals surface area contributed by atoms with Crippen LogP contribution in [-0.4, -0.2) is 23.8 Å². The van der Waals surface area contributed by atoms with Gasteiger partial charge in [0.05, 0.1) is 18.6 Å². The highest BCUT2D eigenvalue weighted by atomic mass is 16.5. The Hall–Kier alpha value is -0.570. The summed E-state index contributed by atoms with van der Waals surface area (Å²) in [7, 11) is 0. The minimum Gasteiger partial charge on any atom is -0.466 e. The zero-order valence-electron chi connectivity index (χ0n) is 6.75. The number of carbonyl (C=O) groups excluding carboxylic acids is 1. The molecular formula is C8H14O3. The molecule has 2 atom stereocenters. The molecule has 0 unspecified atom stereocenters. The van der Waals surface area contributed by atoms with E-state index >= 15 is 0 Å². The van der Waals surface area contributed by atoms with Crippen molar-refractivity contribution in [2.75, 3.05) is 6.61 Å². The van der Waals surface area contributed by atoms with E-state index in [1.54, 1.807) is 6.92 Å². The van der Waals surface area contributed by atoms with E-state index in [9.17, 15) is 4.79 Å². The van der Waals surface area contributed by atoms with Crippen molar-refractivity contribution in [3.63, 3.8) is 0 Å². The molecule has 0 aromatic heterocycles. The summed E-state index contributed by atoms with van der Waals surface area (Å²) in [5.41, 5.74) is 0. The van der Waals surface area contributed by atoms with E-state index in [1.807, 2.05) is 0 Å². The summed E-state index contributed by atoms with van der Waals surface area (Å²) >= 11 is 0. The number of hydrogen-bond acceptors (Lipinski definition) is 3. The van der Waals surface area contributed by atoms with E-state index in [1.165, 1.54) is 0 Å². The van der Waals surface area contributed by atoms with E-state index in [-0.39, 0.29) is 18.0 Å². The first-order valence-corrected chi connectivity index (χ1v) is 4.08. The second kappa shape index (κ2) is 3.72. The molecule has 0 radical (unpaired) electrons. The van der Waals surface area contributed by atoms with Gasteiger partial charge in [0.2, 0.25) is 0 Å². The number of rotatable bonds is 2. The maximum atomic E-state index is 11.1. The Labute approximate surface area is 66.4 Å². The van der Waals surface area contributed by atoms with Crippen molar-refractivity contribution in [1.29, 1.82) is 0 Å². The van der Waals surface area contributed by atoms with Crippen molar-refractivity contribution in [2.24, 2.45) is 5.92 Å². The standard InChI is InChI=1S/C8H14O3/c1-2-11-8(10)6-3-4-7(9)5-6/h6-7,9H,2-5H2,1H3/t6-,7-/m1/s1. The van der Waals surface area contributed by atoms with Gasteiger partial charge in [-0.2, -0.15) is 0 Å². The van der Waals surface area contributed by atoms with Crippen LogP contribution in [0.4, 0.5) is 0 Å². The third-order valence-electron chi connectivity index (χ3n) is 2.02. The summed E-state index contributed by atoms with van der Waals surface area (Å²) in [5.74, 6) is -0.200. The molecule has 0 spiro atoms. The highest BCUT2D eigenvalue weighted by Gasteiger charge is 2.29. The Balaban J connectivity index is 2.31. The molecule has 1 saturated carbocycles. The molecule has 1 aliphatic carbocycles. The van der Waals surface area contributed by atoms with Gasteiger partial charge in [-0.05, 0) is 26.2 Å². The monoisotopic (exact) mass is 158 g/mol. The van der Waals surface area contributed by atoms with Crippen molar-refractivity contribution in [2.45, 2.75) is 32.3 Å². The largest absolute Gasteiger partial charge is 0.466 e. The number of hydrogen-bond donors (Lipinski definition) is 1. The van der Waals surface area contributed by atoms with Gasteiger partial charge in [0.25, 0.3) is 0 Å². The summed E-state index contributed by atoms with van der Waals surface area (Å²) < 4.78 is 4.82. The molecule has 1 N–H and O–H groups in total. The Morgan fingerprint density at radius 3 is 2.82 bits per heavy atom. The molecule has 0 bridgehead atoms. The quantitative estimate of drug-likeness (QED) is 0.602. The lowest BCUT2D eigenvalue weighted by Crippen LogP contribution is -2.15. The molecule has 3 heteroatoms. The van der Waals surface area contributed by atoms with Crippen molar-refractivity contribution >= 4 is 5.97 Å². The summed E-state index contributed by atoms with van der Waals surface area (Å²) in [5, 5.41) is 9.11. The van der Waals surface area contributed by atoms with E-state index in [2.05, 4.69) is 0 Å². The number of carbonyl (C=O) groups is 1. The molecule has 3 nitrogen and oxygen atoms in total. The smallest absolute Gasteiger partial charge is 0.309 e. The molecule has 1 rings (SSSR count). The van der Waals surface area contributed by atoms with Gasteiger partial charge < -0.3 is 9.84 Å². The molecule has 0 amide bonds. The van der Waals surface area contributed by atoms with Crippen LogP contribution < -0.4 is 0 Å². The minimum absolute atomic E-state index is 0.0510. The number of esters is 1. The van der Waals surface area contributed by atoms with Crippen LogP contribution in [0, 0.1) is 5.92 Å². The van der Waals surface area contributed by atoms with Crippen LogP contribution in [0.5, 0.6) is 0 Å². The van der Waals surface area contributed by atoms with Gasteiger partial charge in [-0.3, -0.25) is 4.79 Å². The molecule has 0 aromatic carbocycles. The van der Waals surface area contributed by atoms with Gasteiger partial charge in [-0.25, -0.2) is 0 Å². The maximum absolute atomic E-state index is 11.1.